The summed E-state index contributed by atoms with van der Waals surface area (Å²) in [6, 6.07) is 3.67. The molecule has 11 heavy (non-hydrogen) atoms. The van der Waals surface area contributed by atoms with Crippen LogP contribution in [0.5, 0.6) is 0 Å². The van der Waals surface area contributed by atoms with E-state index >= 15 is 0 Å². The Hall–Kier alpha value is -0.620. The van der Waals surface area contributed by atoms with Gasteiger partial charge in [-0.25, -0.2) is 4.58 Å². The van der Waals surface area contributed by atoms with Gasteiger partial charge in [-0.2, -0.15) is 0 Å². The van der Waals surface area contributed by atoms with Crippen LogP contribution in [0.4, 0.5) is 0 Å². The molecular weight excluding hydrogens is 136 g/mol. The van der Waals surface area contributed by atoms with Crippen molar-refractivity contribution in [3.63, 3.8) is 0 Å². The summed E-state index contributed by atoms with van der Waals surface area (Å²) in [5, 5.41) is 0. The van der Waals surface area contributed by atoms with Gasteiger partial charge in [-0.15, -0.1) is 0 Å². The molecule has 0 saturated heterocycles. The second-order valence-corrected chi connectivity index (χ2v) is 3.23. The number of nitrogens with zero attached hydrogens (tertiary/aromatic N) is 2. The second kappa shape index (κ2) is 4.30. The van der Waals surface area contributed by atoms with Crippen LogP contribution >= 0.6 is 0 Å². The zero-order valence-electron chi connectivity index (χ0n) is 7.51. The molecule has 0 aromatic heterocycles. The van der Waals surface area contributed by atoms with E-state index in [2.05, 4.69) is 22.6 Å². The van der Waals surface area contributed by atoms with Gasteiger partial charge in [0.2, 0.25) is 0 Å². The molecule has 1 rings (SSSR count). The van der Waals surface area contributed by atoms with Crippen LogP contribution in [0.15, 0.2) is 4.99 Å². The van der Waals surface area contributed by atoms with Crippen LogP contribution in [0.3, 0.4) is 0 Å². The normalized spacial score (nSPS) is 19.1. The lowest BCUT2D eigenvalue weighted by Crippen LogP contribution is -2.24. The Morgan fingerprint density at radius 2 is 1.91 bits per heavy atom. The first-order valence-corrected chi connectivity index (χ1v) is 4.42. The quantitative estimate of drug-likeness (QED) is 0.403. The summed E-state index contributed by atoms with van der Waals surface area (Å²) in [6.07, 6.45) is 6.80. The third-order valence-electron chi connectivity index (χ3n) is 2.38. The predicted octanol–water partition coefficient (Wildman–Crippen LogP) is 1.77. The van der Waals surface area contributed by atoms with E-state index in [4.69, 9.17) is 0 Å². The Balaban J connectivity index is 2.51. The molecule has 0 heterocycles. The highest BCUT2D eigenvalue weighted by atomic mass is 15.0. The lowest BCUT2D eigenvalue weighted by molar-refractivity contribution is -0.536. The van der Waals surface area contributed by atoms with Crippen LogP contribution in [-0.4, -0.2) is 30.7 Å². The predicted molar refractivity (Wildman–Crippen MR) is 46.4 cm³/mol. The first-order chi connectivity index (χ1) is 5.34. The van der Waals surface area contributed by atoms with Gasteiger partial charge in [0, 0.05) is 0 Å². The van der Waals surface area contributed by atoms with Crippen molar-refractivity contribution in [3.05, 3.63) is 0 Å². The Kier molecular flexibility index (Phi) is 3.31. The van der Waals surface area contributed by atoms with Crippen molar-refractivity contribution in [1.82, 2.24) is 0 Å². The van der Waals surface area contributed by atoms with Gasteiger partial charge in [0.15, 0.2) is 0 Å². The third kappa shape index (κ3) is 2.47. The van der Waals surface area contributed by atoms with Crippen LogP contribution < -0.4 is 0 Å². The van der Waals surface area contributed by atoms with Crippen LogP contribution in [0.1, 0.15) is 32.1 Å². The molecule has 0 aromatic carbocycles. The summed E-state index contributed by atoms with van der Waals surface area (Å²) in [5.41, 5.74) is 0. The Morgan fingerprint density at radius 1 is 1.27 bits per heavy atom. The maximum Gasteiger partial charge on any atom is 0.306 e. The van der Waals surface area contributed by atoms with Gasteiger partial charge in [-0.05, 0) is 30.7 Å². The number of rotatable bonds is 1. The van der Waals surface area contributed by atoms with E-state index in [1.165, 1.54) is 32.1 Å². The van der Waals surface area contributed by atoms with Gasteiger partial charge in [0.05, 0.1) is 7.05 Å². The fraction of sp³-hybridized carbons (Fsp3) is 0.889. The van der Waals surface area contributed by atoms with Crippen LogP contribution in [0.25, 0.3) is 0 Å². The van der Waals surface area contributed by atoms with Gasteiger partial charge in [-0.3, -0.25) is 0 Å². The standard InChI is InChI=1S/C9H17N2/c1-10-8-11(2)9-6-4-3-5-7-9/h9H,3-7H2,1-2H3/q+1. The van der Waals surface area contributed by atoms with E-state index in [-0.39, 0.29) is 0 Å². The molecule has 0 spiro atoms. The SMILES string of the molecule is CN=C=[N+](C)C1CCCCC1. The number of aliphatic imine (C=N–C) groups is 1. The summed E-state index contributed by atoms with van der Waals surface area (Å²) in [5.74, 6) is 0. The molecule has 0 aromatic rings. The van der Waals surface area contributed by atoms with E-state index in [0.29, 0.717) is 6.04 Å². The fourth-order valence-electron chi connectivity index (χ4n) is 1.71. The Labute approximate surface area is 68.7 Å². The van der Waals surface area contributed by atoms with Crippen LogP contribution in [0.2, 0.25) is 0 Å². The number of hydrogen-bond donors (Lipinski definition) is 0. The lowest BCUT2D eigenvalue weighted by atomic mass is 9.95. The van der Waals surface area contributed by atoms with Crippen LogP contribution in [0, 0.1) is 0 Å². The molecule has 1 fully saturated rings. The maximum atomic E-state index is 3.89. The van der Waals surface area contributed by atoms with Gasteiger partial charge >= 0.3 is 6.01 Å². The highest BCUT2D eigenvalue weighted by Crippen LogP contribution is 2.18. The van der Waals surface area contributed by atoms with Gasteiger partial charge < -0.3 is 0 Å². The maximum absolute atomic E-state index is 3.89. The van der Waals surface area contributed by atoms with Gasteiger partial charge in [0.1, 0.15) is 13.1 Å². The van der Waals surface area contributed by atoms with Crippen molar-refractivity contribution in [2.75, 3.05) is 14.1 Å². The average Bonchev–Trinajstić information content (AvgIpc) is 2.07. The molecule has 0 N–H and O–H groups in total. The molecule has 2 heteroatoms. The van der Waals surface area contributed by atoms with E-state index in [1.54, 1.807) is 7.05 Å². The van der Waals surface area contributed by atoms with Crippen molar-refractivity contribution >= 4 is 6.01 Å². The van der Waals surface area contributed by atoms with E-state index in [9.17, 15) is 0 Å². The molecule has 1 aliphatic carbocycles. The summed E-state index contributed by atoms with van der Waals surface area (Å²) in [7, 11) is 3.85. The zero-order valence-corrected chi connectivity index (χ0v) is 7.51. The lowest BCUT2D eigenvalue weighted by Gasteiger charge is -2.18. The molecule has 0 radical (unpaired) electrons. The van der Waals surface area contributed by atoms with Crippen molar-refractivity contribution < 1.29 is 4.58 Å². The number of hydrogen-bond acceptors (Lipinski definition) is 1. The molecule has 1 saturated carbocycles. The van der Waals surface area contributed by atoms with E-state index < -0.39 is 0 Å². The van der Waals surface area contributed by atoms with E-state index in [0.717, 1.165) is 0 Å². The molecule has 0 atom stereocenters. The average molecular weight is 153 g/mol. The molecule has 62 valence electrons. The van der Waals surface area contributed by atoms with Crippen molar-refractivity contribution in [1.29, 1.82) is 0 Å². The minimum Gasteiger partial charge on any atom is -0.220 e. The summed E-state index contributed by atoms with van der Waals surface area (Å²) < 4.78 is 2.12. The summed E-state index contributed by atoms with van der Waals surface area (Å²) >= 11 is 0. The first-order valence-electron chi connectivity index (χ1n) is 4.42. The van der Waals surface area contributed by atoms with E-state index in [1.807, 2.05) is 0 Å². The fourth-order valence-corrected chi connectivity index (χ4v) is 1.71. The first kappa shape index (κ1) is 8.48. The summed E-state index contributed by atoms with van der Waals surface area (Å²) in [6.45, 7) is 0. The molecule has 0 unspecified atom stereocenters. The van der Waals surface area contributed by atoms with Crippen LogP contribution in [-0.2, 0) is 0 Å². The largest absolute Gasteiger partial charge is 0.306 e. The Morgan fingerprint density at radius 3 is 2.45 bits per heavy atom. The smallest absolute Gasteiger partial charge is 0.220 e. The van der Waals surface area contributed by atoms with Crippen molar-refractivity contribution in [2.45, 2.75) is 38.1 Å². The monoisotopic (exact) mass is 153 g/mol. The summed E-state index contributed by atoms with van der Waals surface area (Å²) in [4.78, 5) is 3.89. The molecule has 2 nitrogen and oxygen atoms in total. The molecule has 0 bridgehead atoms. The highest BCUT2D eigenvalue weighted by Gasteiger charge is 2.17. The Bertz CT molecular complexity index is 172. The van der Waals surface area contributed by atoms with Crippen molar-refractivity contribution in [2.24, 2.45) is 4.99 Å². The molecule has 0 amide bonds. The zero-order chi connectivity index (χ0) is 8.10. The second-order valence-electron chi connectivity index (χ2n) is 3.23. The van der Waals surface area contributed by atoms with Gasteiger partial charge in [0.25, 0.3) is 0 Å². The molecular formula is C9H17N2+. The highest BCUT2D eigenvalue weighted by molar-refractivity contribution is 5.33. The molecule has 0 aliphatic heterocycles. The minimum atomic E-state index is 0.701. The van der Waals surface area contributed by atoms with Gasteiger partial charge in [-0.1, -0.05) is 6.42 Å². The topological polar surface area (TPSA) is 15.4 Å². The molecule has 1 aliphatic rings. The third-order valence-corrected chi connectivity index (χ3v) is 2.38. The minimum absolute atomic E-state index is 0.701. The van der Waals surface area contributed by atoms with Crippen molar-refractivity contribution in [3.8, 4) is 0 Å².